The van der Waals surface area contributed by atoms with Crippen LogP contribution in [0.5, 0.6) is 0 Å². The van der Waals surface area contributed by atoms with Crippen LogP contribution < -0.4 is 11.1 Å². The molecule has 2 saturated heterocycles. The van der Waals surface area contributed by atoms with Gasteiger partial charge in [0.1, 0.15) is 0 Å². The molecule has 194 valence electrons. The van der Waals surface area contributed by atoms with Crippen molar-refractivity contribution in [2.24, 2.45) is 11.7 Å². The highest BCUT2D eigenvalue weighted by atomic mass is 16.5. The monoisotopic (exact) mass is 492 g/mol. The molecule has 4 heterocycles. The van der Waals surface area contributed by atoms with E-state index in [0.717, 1.165) is 71.5 Å². The molecule has 1 amide bonds. The molecule has 2 aromatic rings. The number of carboxylic acid groups (broad SMARTS) is 2. The van der Waals surface area contributed by atoms with Gasteiger partial charge in [0.2, 0.25) is 11.7 Å². The third-order valence-electron chi connectivity index (χ3n) is 5.62. The van der Waals surface area contributed by atoms with Crippen LogP contribution in [0.15, 0.2) is 24.7 Å². The number of hydrogen-bond donors (Lipinski definition) is 4. The zero-order valence-corrected chi connectivity index (χ0v) is 20.3. The standard InChI is InChI=1S/C19H28N6O2.2C2H4O2/c20-15-3-2-14(11-25(12-15)17-4-8-27-9-5-17)18(26)22-10-16-13-24-7-1-6-21-19(24)23-16;2*1-2(3)4/h1,6-7,13-15,17H,2-5,8-12,20H2,(H,22,26);2*1H3,(H,3,4)/t14-,15+;;/m1../s1. The molecule has 0 radical (unpaired) electrons. The molecule has 2 fully saturated rings. The highest BCUT2D eigenvalue weighted by Gasteiger charge is 2.31. The molecule has 12 nitrogen and oxygen atoms in total. The van der Waals surface area contributed by atoms with E-state index in [0.29, 0.717) is 18.4 Å². The molecule has 2 atom stereocenters. The molecule has 2 aromatic heterocycles. The third-order valence-corrected chi connectivity index (χ3v) is 5.62. The van der Waals surface area contributed by atoms with E-state index in [-0.39, 0.29) is 17.9 Å². The number of aromatic nitrogens is 3. The predicted octanol–water partition coefficient (Wildman–Crippen LogP) is 0.746. The Bertz CT molecular complexity index is 908. The highest BCUT2D eigenvalue weighted by molar-refractivity contribution is 5.78. The number of rotatable bonds is 4. The number of nitrogens with one attached hydrogen (secondary N) is 1. The molecule has 0 aliphatic carbocycles. The van der Waals surface area contributed by atoms with Gasteiger partial charge in [0, 0.05) is 70.8 Å². The van der Waals surface area contributed by atoms with E-state index < -0.39 is 11.9 Å². The van der Waals surface area contributed by atoms with Crippen molar-refractivity contribution in [3.63, 3.8) is 0 Å². The average Bonchev–Trinajstić information content (AvgIpc) is 3.12. The van der Waals surface area contributed by atoms with Crippen LogP contribution in [-0.2, 0) is 25.7 Å². The van der Waals surface area contributed by atoms with Crippen LogP contribution in [0.4, 0.5) is 0 Å². The predicted molar refractivity (Wildman–Crippen MR) is 128 cm³/mol. The van der Waals surface area contributed by atoms with Crippen molar-refractivity contribution in [1.29, 1.82) is 0 Å². The van der Waals surface area contributed by atoms with Crippen LogP contribution in [0.1, 0.15) is 45.2 Å². The Morgan fingerprint density at radius 1 is 1.11 bits per heavy atom. The minimum atomic E-state index is -0.833. The maximum Gasteiger partial charge on any atom is 0.300 e. The van der Waals surface area contributed by atoms with Gasteiger partial charge < -0.3 is 26.0 Å². The molecule has 2 aliphatic rings. The number of hydrogen-bond acceptors (Lipinski definition) is 8. The van der Waals surface area contributed by atoms with Crippen molar-refractivity contribution in [3.05, 3.63) is 30.4 Å². The molecular formula is C23H36N6O6. The number of carboxylic acids is 2. The summed E-state index contributed by atoms with van der Waals surface area (Å²) in [6.07, 6.45) is 9.28. The molecule has 0 unspecified atom stereocenters. The first kappa shape index (κ1) is 28.1. The number of likely N-dealkylation sites (tertiary alicyclic amines) is 1. The molecule has 12 heteroatoms. The first-order chi connectivity index (χ1) is 16.7. The van der Waals surface area contributed by atoms with Crippen molar-refractivity contribution < 1.29 is 29.3 Å². The van der Waals surface area contributed by atoms with Gasteiger partial charge in [-0.15, -0.1) is 0 Å². The van der Waals surface area contributed by atoms with Gasteiger partial charge in [-0.1, -0.05) is 0 Å². The van der Waals surface area contributed by atoms with Gasteiger partial charge in [-0.2, -0.15) is 0 Å². The lowest BCUT2D eigenvalue weighted by Gasteiger charge is -2.35. The molecule has 35 heavy (non-hydrogen) atoms. The largest absolute Gasteiger partial charge is 0.481 e. The fourth-order valence-electron chi connectivity index (χ4n) is 4.11. The molecule has 5 N–H and O–H groups in total. The van der Waals surface area contributed by atoms with Crippen molar-refractivity contribution in [2.75, 3.05) is 26.3 Å². The normalized spacial score (nSPS) is 21.0. The Morgan fingerprint density at radius 3 is 2.40 bits per heavy atom. The molecule has 0 spiro atoms. The second-order valence-corrected chi connectivity index (χ2v) is 8.65. The second kappa shape index (κ2) is 14.3. The molecular weight excluding hydrogens is 456 g/mol. The third kappa shape index (κ3) is 10.4. The Kier molecular flexibility index (Phi) is 11.5. The Hall–Kier alpha value is -3.09. The number of amides is 1. The van der Waals surface area contributed by atoms with Crippen LogP contribution in [0.3, 0.4) is 0 Å². The summed E-state index contributed by atoms with van der Waals surface area (Å²) in [5.74, 6) is -0.962. The van der Waals surface area contributed by atoms with Gasteiger partial charge in [0.25, 0.3) is 11.9 Å². The first-order valence-electron chi connectivity index (χ1n) is 11.7. The Labute approximate surface area is 204 Å². The quantitative estimate of drug-likeness (QED) is 0.477. The number of imidazole rings is 1. The number of carbonyl (C=O) groups excluding carboxylic acids is 1. The molecule has 2 aliphatic heterocycles. The van der Waals surface area contributed by atoms with Crippen molar-refractivity contribution >= 4 is 23.6 Å². The molecule has 0 aromatic carbocycles. The lowest BCUT2D eigenvalue weighted by Crippen LogP contribution is -2.47. The number of aliphatic carboxylic acids is 2. The van der Waals surface area contributed by atoms with Crippen molar-refractivity contribution in [3.8, 4) is 0 Å². The molecule has 0 bridgehead atoms. The van der Waals surface area contributed by atoms with Crippen LogP contribution in [0.25, 0.3) is 5.78 Å². The summed E-state index contributed by atoms with van der Waals surface area (Å²) < 4.78 is 7.34. The van der Waals surface area contributed by atoms with Crippen LogP contribution in [0, 0.1) is 5.92 Å². The Morgan fingerprint density at radius 2 is 1.77 bits per heavy atom. The summed E-state index contributed by atoms with van der Waals surface area (Å²) in [7, 11) is 0. The lowest BCUT2D eigenvalue weighted by atomic mass is 10.0. The van der Waals surface area contributed by atoms with Gasteiger partial charge in [0.05, 0.1) is 18.2 Å². The van der Waals surface area contributed by atoms with Gasteiger partial charge in [-0.3, -0.25) is 23.7 Å². The van der Waals surface area contributed by atoms with Crippen molar-refractivity contribution in [2.45, 2.75) is 58.2 Å². The fraction of sp³-hybridized carbons (Fsp3) is 0.609. The summed E-state index contributed by atoms with van der Waals surface area (Å²) in [6, 6.07) is 2.47. The lowest BCUT2D eigenvalue weighted by molar-refractivity contribution is -0.135. The summed E-state index contributed by atoms with van der Waals surface area (Å²) in [5, 5.41) is 17.9. The SMILES string of the molecule is CC(=O)O.CC(=O)O.N[C@H]1CC[C@@H](C(=O)NCc2cn3cccnc3n2)CN(C2CCOCC2)C1. The number of ether oxygens (including phenoxy) is 1. The number of nitrogens with two attached hydrogens (primary N) is 1. The number of carbonyl (C=O) groups is 3. The zero-order valence-electron chi connectivity index (χ0n) is 20.3. The summed E-state index contributed by atoms with van der Waals surface area (Å²) in [5.41, 5.74) is 7.09. The van der Waals surface area contributed by atoms with E-state index in [4.69, 9.17) is 30.3 Å². The molecule has 4 rings (SSSR count). The highest BCUT2D eigenvalue weighted by Crippen LogP contribution is 2.22. The smallest absolute Gasteiger partial charge is 0.300 e. The summed E-state index contributed by atoms with van der Waals surface area (Å²) >= 11 is 0. The minimum absolute atomic E-state index is 0.0310. The van der Waals surface area contributed by atoms with Crippen LogP contribution in [-0.4, -0.2) is 85.7 Å². The van der Waals surface area contributed by atoms with Crippen molar-refractivity contribution in [1.82, 2.24) is 24.6 Å². The maximum absolute atomic E-state index is 12.8. The summed E-state index contributed by atoms with van der Waals surface area (Å²) in [6.45, 7) is 5.83. The van der Waals surface area contributed by atoms with Gasteiger partial charge in [-0.05, 0) is 31.7 Å². The average molecular weight is 493 g/mol. The van der Waals surface area contributed by atoms with E-state index in [9.17, 15) is 4.79 Å². The number of fused-ring (bicyclic) bond motifs is 1. The second-order valence-electron chi connectivity index (χ2n) is 8.65. The fourth-order valence-corrected chi connectivity index (χ4v) is 4.11. The van der Waals surface area contributed by atoms with Gasteiger partial charge in [0.15, 0.2) is 0 Å². The van der Waals surface area contributed by atoms with Crippen LogP contribution >= 0.6 is 0 Å². The Balaban J connectivity index is 0.000000473. The maximum atomic E-state index is 12.8. The van der Waals surface area contributed by atoms with Gasteiger partial charge in [-0.25, -0.2) is 9.97 Å². The van der Waals surface area contributed by atoms with E-state index >= 15 is 0 Å². The first-order valence-corrected chi connectivity index (χ1v) is 11.7. The van der Waals surface area contributed by atoms with E-state index in [1.807, 2.05) is 22.9 Å². The molecule has 0 saturated carbocycles. The zero-order chi connectivity index (χ0) is 25.8. The van der Waals surface area contributed by atoms with E-state index in [2.05, 4.69) is 20.2 Å². The number of nitrogens with zero attached hydrogens (tertiary/aromatic N) is 4. The van der Waals surface area contributed by atoms with E-state index in [1.165, 1.54) is 0 Å². The van der Waals surface area contributed by atoms with E-state index in [1.54, 1.807) is 6.20 Å². The van der Waals surface area contributed by atoms with Gasteiger partial charge >= 0.3 is 0 Å². The minimum Gasteiger partial charge on any atom is -0.481 e. The summed E-state index contributed by atoms with van der Waals surface area (Å²) in [4.78, 5) is 41.9. The topological polar surface area (TPSA) is 172 Å². The van der Waals surface area contributed by atoms with Crippen LogP contribution in [0.2, 0.25) is 0 Å².